The van der Waals surface area contributed by atoms with Crippen molar-refractivity contribution in [2.24, 2.45) is 0 Å². The second-order valence-corrected chi connectivity index (χ2v) is 6.22. The molecule has 1 aliphatic rings. The minimum atomic E-state index is -0.277. The lowest BCUT2D eigenvalue weighted by molar-refractivity contribution is 0.0955. The smallest absolute Gasteiger partial charge is 0.319 e. The number of carbonyl (C=O) groups is 2. The number of nitrogens with one attached hydrogen (secondary N) is 3. The number of hydrogen-bond donors (Lipinski definition) is 3. The normalized spacial score (nSPS) is 15.4. The molecular formula is C20H23N3O3. The van der Waals surface area contributed by atoms with Crippen LogP contribution in [0.5, 0.6) is 5.75 Å². The first-order valence-electron chi connectivity index (χ1n) is 8.76. The van der Waals surface area contributed by atoms with Gasteiger partial charge in [-0.25, -0.2) is 4.79 Å². The van der Waals surface area contributed by atoms with Crippen molar-refractivity contribution in [2.45, 2.75) is 26.3 Å². The second-order valence-electron chi connectivity index (χ2n) is 6.22. The predicted octanol–water partition coefficient (Wildman–Crippen LogP) is 3.39. The summed E-state index contributed by atoms with van der Waals surface area (Å²) in [5, 5.41) is 8.63. The molecule has 1 atom stereocenters. The fraction of sp³-hybridized carbons (Fsp3) is 0.300. The molecule has 3 rings (SSSR count). The van der Waals surface area contributed by atoms with Gasteiger partial charge in [-0.15, -0.1) is 0 Å². The van der Waals surface area contributed by atoms with E-state index in [9.17, 15) is 9.59 Å². The number of fused-ring (bicyclic) bond motifs is 1. The maximum absolute atomic E-state index is 12.4. The van der Waals surface area contributed by atoms with E-state index < -0.39 is 0 Å². The van der Waals surface area contributed by atoms with Crippen molar-refractivity contribution in [2.75, 3.05) is 18.5 Å². The molecule has 3 amide bonds. The van der Waals surface area contributed by atoms with E-state index in [-0.39, 0.29) is 18.0 Å². The first-order valence-corrected chi connectivity index (χ1v) is 8.76. The van der Waals surface area contributed by atoms with Gasteiger partial charge in [-0.1, -0.05) is 18.2 Å². The van der Waals surface area contributed by atoms with Crippen LogP contribution in [0, 0.1) is 6.92 Å². The fourth-order valence-electron chi connectivity index (χ4n) is 3.02. The average Bonchev–Trinajstić information content (AvgIpc) is 2.64. The Balaban J connectivity index is 1.67. The first-order chi connectivity index (χ1) is 12.6. The topological polar surface area (TPSA) is 79.5 Å². The van der Waals surface area contributed by atoms with E-state index in [4.69, 9.17) is 4.74 Å². The summed E-state index contributed by atoms with van der Waals surface area (Å²) in [5.74, 6) is 0.692. The molecule has 6 heteroatoms. The number of ether oxygens (including phenoxy) is 1. The number of urea groups is 1. The van der Waals surface area contributed by atoms with Gasteiger partial charge in [0.2, 0.25) is 0 Å². The maximum atomic E-state index is 12.4. The van der Waals surface area contributed by atoms with Gasteiger partial charge in [-0.3, -0.25) is 4.79 Å². The van der Waals surface area contributed by atoms with Crippen LogP contribution in [0.25, 0.3) is 0 Å². The lowest BCUT2D eigenvalue weighted by Crippen LogP contribution is -2.35. The van der Waals surface area contributed by atoms with Gasteiger partial charge in [0.25, 0.3) is 5.91 Å². The van der Waals surface area contributed by atoms with Crippen molar-refractivity contribution >= 4 is 17.6 Å². The van der Waals surface area contributed by atoms with Crippen LogP contribution in [0.15, 0.2) is 42.5 Å². The average molecular weight is 353 g/mol. The summed E-state index contributed by atoms with van der Waals surface area (Å²) in [7, 11) is 0. The molecule has 0 saturated heterocycles. The number of carbonyl (C=O) groups excluding carboxylic acids is 2. The zero-order valence-electron chi connectivity index (χ0n) is 15.0. The molecule has 2 aromatic rings. The number of amides is 3. The quantitative estimate of drug-likeness (QED) is 0.788. The Labute approximate surface area is 152 Å². The molecule has 0 bridgehead atoms. The highest BCUT2D eigenvalue weighted by Gasteiger charge is 2.22. The number of para-hydroxylation sites is 1. The highest BCUT2D eigenvalue weighted by atomic mass is 16.5. The Bertz CT molecular complexity index is 820. The van der Waals surface area contributed by atoms with E-state index in [1.54, 1.807) is 18.2 Å². The van der Waals surface area contributed by atoms with Crippen molar-refractivity contribution < 1.29 is 14.3 Å². The van der Waals surface area contributed by atoms with E-state index >= 15 is 0 Å². The summed E-state index contributed by atoms with van der Waals surface area (Å²) >= 11 is 0. The van der Waals surface area contributed by atoms with Gasteiger partial charge in [0.05, 0.1) is 12.6 Å². The van der Waals surface area contributed by atoms with Crippen LogP contribution >= 0.6 is 0 Å². The minimum absolute atomic E-state index is 0.0881. The van der Waals surface area contributed by atoms with Crippen LogP contribution in [0.1, 0.15) is 40.9 Å². The molecule has 1 aliphatic heterocycles. The van der Waals surface area contributed by atoms with Gasteiger partial charge in [0.15, 0.2) is 0 Å². The van der Waals surface area contributed by atoms with Crippen molar-refractivity contribution in [3.8, 4) is 5.75 Å². The molecule has 0 unspecified atom stereocenters. The number of hydrogen-bond acceptors (Lipinski definition) is 3. The summed E-state index contributed by atoms with van der Waals surface area (Å²) in [6.07, 6.45) is 0.722. The number of anilines is 1. The second kappa shape index (κ2) is 7.91. The molecule has 26 heavy (non-hydrogen) atoms. The standard InChI is InChI=1S/C20H23N3O3/c1-3-21-19(24)14-8-9-16(13(2)12-14)22-20(25)23-17-10-11-26-18-7-5-4-6-15(17)18/h4-9,12,17H,3,10-11H2,1-2H3,(H,21,24)(H2,22,23,25)/t17-/m0/s1. The lowest BCUT2D eigenvalue weighted by atomic mass is 10.0. The molecular weight excluding hydrogens is 330 g/mol. The molecule has 0 spiro atoms. The van der Waals surface area contributed by atoms with Gasteiger partial charge < -0.3 is 20.7 Å². The van der Waals surface area contributed by atoms with E-state index in [2.05, 4.69) is 16.0 Å². The zero-order valence-corrected chi connectivity index (χ0v) is 15.0. The fourth-order valence-corrected chi connectivity index (χ4v) is 3.02. The van der Waals surface area contributed by atoms with Gasteiger partial charge in [0.1, 0.15) is 5.75 Å². The number of aryl methyl sites for hydroxylation is 1. The van der Waals surface area contributed by atoms with Crippen molar-refractivity contribution in [1.29, 1.82) is 0 Å². The third-order valence-electron chi connectivity index (χ3n) is 4.34. The molecule has 0 saturated carbocycles. The molecule has 0 aromatic heterocycles. The van der Waals surface area contributed by atoms with Crippen molar-refractivity contribution in [1.82, 2.24) is 10.6 Å². The number of rotatable bonds is 4. The van der Waals surface area contributed by atoms with Crippen LogP contribution in [0.4, 0.5) is 10.5 Å². The maximum Gasteiger partial charge on any atom is 0.319 e. The SMILES string of the molecule is CCNC(=O)c1ccc(NC(=O)N[C@H]2CCOc3ccccc32)c(C)c1. The summed E-state index contributed by atoms with van der Waals surface area (Å²) in [6.45, 7) is 4.89. The summed E-state index contributed by atoms with van der Waals surface area (Å²) in [6, 6.07) is 12.6. The third kappa shape index (κ3) is 3.96. The van der Waals surface area contributed by atoms with Crippen molar-refractivity contribution in [3.63, 3.8) is 0 Å². The molecule has 0 fully saturated rings. The third-order valence-corrected chi connectivity index (χ3v) is 4.34. The van der Waals surface area contributed by atoms with Crippen LogP contribution in [0.2, 0.25) is 0 Å². The van der Waals surface area contributed by atoms with E-state index in [1.165, 1.54) is 0 Å². The highest BCUT2D eigenvalue weighted by Crippen LogP contribution is 2.31. The van der Waals surface area contributed by atoms with Crippen LogP contribution in [-0.4, -0.2) is 25.1 Å². The van der Waals surface area contributed by atoms with Gasteiger partial charge in [-0.05, 0) is 43.7 Å². The molecule has 136 valence electrons. The largest absolute Gasteiger partial charge is 0.493 e. The van der Waals surface area contributed by atoms with Crippen molar-refractivity contribution in [3.05, 3.63) is 59.2 Å². The molecule has 0 radical (unpaired) electrons. The van der Waals surface area contributed by atoms with Gasteiger partial charge in [0, 0.05) is 29.8 Å². The monoisotopic (exact) mass is 353 g/mol. The zero-order chi connectivity index (χ0) is 18.5. The Kier molecular flexibility index (Phi) is 5.41. The Morgan fingerprint density at radius 2 is 2.00 bits per heavy atom. The lowest BCUT2D eigenvalue weighted by Gasteiger charge is -2.26. The predicted molar refractivity (Wildman–Crippen MR) is 101 cm³/mol. The molecule has 2 aromatic carbocycles. The minimum Gasteiger partial charge on any atom is -0.493 e. The highest BCUT2D eigenvalue weighted by molar-refractivity contribution is 5.96. The van der Waals surface area contributed by atoms with E-state index in [1.807, 2.05) is 38.1 Å². The first kappa shape index (κ1) is 17.8. The van der Waals surface area contributed by atoms with Gasteiger partial charge >= 0.3 is 6.03 Å². The molecule has 1 heterocycles. The summed E-state index contributed by atoms with van der Waals surface area (Å²) < 4.78 is 5.62. The summed E-state index contributed by atoms with van der Waals surface area (Å²) in [4.78, 5) is 24.3. The molecule has 3 N–H and O–H groups in total. The van der Waals surface area contributed by atoms with Crippen LogP contribution < -0.4 is 20.7 Å². The van der Waals surface area contributed by atoms with E-state index in [0.29, 0.717) is 24.4 Å². The van der Waals surface area contributed by atoms with Gasteiger partial charge in [-0.2, -0.15) is 0 Å². The van der Waals surface area contributed by atoms with Crippen LogP contribution in [0.3, 0.4) is 0 Å². The summed E-state index contributed by atoms with van der Waals surface area (Å²) in [5.41, 5.74) is 3.07. The van der Waals surface area contributed by atoms with E-state index in [0.717, 1.165) is 23.3 Å². The van der Waals surface area contributed by atoms with Crippen LogP contribution in [-0.2, 0) is 0 Å². The Hall–Kier alpha value is -3.02. The Morgan fingerprint density at radius 1 is 1.19 bits per heavy atom. The Morgan fingerprint density at radius 3 is 2.77 bits per heavy atom. The molecule has 0 aliphatic carbocycles. The number of benzene rings is 2. The molecule has 6 nitrogen and oxygen atoms in total.